The van der Waals surface area contributed by atoms with Crippen LogP contribution in [0.3, 0.4) is 0 Å². The minimum atomic E-state index is -0.518. The summed E-state index contributed by atoms with van der Waals surface area (Å²) in [6.07, 6.45) is 0. The summed E-state index contributed by atoms with van der Waals surface area (Å²) >= 11 is 12.0. The fourth-order valence-electron chi connectivity index (χ4n) is 1.91. The number of hydrogen-bond donors (Lipinski definition) is 0. The predicted molar refractivity (Wildman–Crippen MR) is 80.1 cm³/mol. The number of aromatic nitrogens is 2. The van der Waals surface area contributed by atoms with Crippen molar-refractivity contribution in [3.63, 3.8) is 0 Å². The number of nitrogens with zero attached hydrogens (tertiary/aromatic N) is 3. The lowest BCUT2D eigenvalue weighted by atomic mass is 10.3. The molecule has 0 unspecified atom stereocenters. The van der Waals surface area contributed by atoms with Crippen molar-refractivity contribution in [3.8, 4) is 5.75 Å². The highest BCUT2D eigenvalue weighted by Gasteiger charge is 2.18. The zero-order chi connectivity index (χ0) is 15.6. The van der Waals surface area contributed by atoms with Gasteiger partial charge in [-0.3, -0.25) is 14.8 Å². The van der Waals surface area contributed by atoms with E-state index in [-0.39, 0.29) is 18.0 Å². The molecule has 0 aliphatic carbocycles. The molecule has 112 valence electrons. The van der Waals surface area contributed by atoms with Crippen molar-refractivity contribution in [2.45, 2.75) is 27.0 Å². The van der Waals surface area contributed by atoms with Gasteiger partial charge in [-0.1, -0.05) is 23.2 Å². The molecule has 21 heavy (non-hydrogen) atoms. The smallest absolute Gasteiger partial charge is 0.311 e. The Labute approximate surface area is 131 Å². The molecule has 0 aliphatic heterocycles. The summed E-state index contributed by atoms with van der Waals surface area (Å²) in [5.41, 5.74) is 1.22. The Morgan fingerprint density at radius 1 is 1.43 bits per heavy atom. The number of rotatable bonds is 5. The van der Waals surface area contributed by atoms with Gasteiger partial charge < -0.3 is 4.74 Å². The van der Waals surface area contributed by atoms with E-state index < -0.39 is 4.92 Å². The van der Waals surface area contributed by atoms with E-state index in [1.54, 1.807) is 11.6 Å². The molecule has 0 saturated heterocycles. The molecule has 6 nitrogen and oxygen atoms in total. The molecule has 0 radical (unpaired) electrons. The molecule has 0 saturated carbocycles. The maximum atomic E-state index is 11.0. The van der Waals surface area contributed by atoms with Crippen LogP contribution in [-0.4, -0.2) is 14.7 Å². The van der Waals surface area contributed by atoms with E-state index in [9.17, 15) is 10.1 Å². The molecule has 0 bridgehead atoms. The summed E-state index contributed by atoms with van der Waals surface area (Å²) in [6.45, 7) is 4.42. The third-order valence-electron chi connectivity index (χ3n) is 2.94. The van der Waals surface area contributed by atoms with Gasteiger partial charge in [0.2, 0.25) is 0 Å². The van der Waals surface area contributed by atoms with E-state index in [1.165, 1.54) is 18.2 Å². The van der Waals surface area contributed by atoms with Crippen LogP contribution in [0.2, 0.25) is 10.0 Å². The molecule has 0 atom stereocenters. The van der Waals surface area contributed by atoms with Crippen molar-refractivity contribution < 1.29 is 9.66 Å². The lowest BCUT2D eigenvalue weighted by Crippen LogP contribution is -2.07. The standard InChI is InChI=1S/C13H13Cl2N3O3/c1-3-17-11(13(15)8(2)16-17)7-21-12-6-9(14)4-5-10(12)18(19)20/h4-6H,3,7H2,1-2H3. The first-order valence-electron chi connectivity index (χ1n) is 6.22. The van der Waals surface area contributed by atoms with Crippen molar-refractivity contribution in [1.82, 2.24) is 9.78 Å². The van der Waals surface area contributed by atoms with Gasteiger partial charge in [-0.25, -0.2) is 0 Å². The van der Waals surface area contributed by atoms with E-state index >= 15 is 0 Å². The Bertz CT molecular complexity index is 686. The third-order valence-corrected chi connectivity index (χ3v) is 3.66. The molecule has 8 heteroatoms. The monoisotopic (exact) mass is 329 g/mol. The van der Waals surface area contributed by atoms with E-state index in [1.807, 2.05) is 6.92 Å². The first-order valence-corrected chi connectivity index (χ1v) is 6.98. The predicted octanol–water partition coefficient (Wildman–Crippen LogP) is 4.01. The molecule has 0 spiro atoms. The first kappa shape index (κ1) is 15.6. The fourth-order valence-corrected chi connectivity index (χ4v) is 2.26. The van der Waals surface area contributed by atoms with Crippen LogP contribution in [0.15, 0.2) is 18.2 Å². The van der Waals surface area contributed by atoms with Crippen LogP contribution in [0.25, 0.3) is 0 Å². The van der Waals surface area contributed by atoms with E-state index in [0.717, 1.165) is 0 Å². The highest BCUT2D eigenvalue weighted by atomic mass is 35.5. The average molecular weight is 330 g/mol. The maximum Gasteiger partial charge on any atom is 0.311 e. The summed E-state index contributed by atoms with van der Waals surface area (Å²) in [5, 5.41) is 16.1. The second-order valence-corrected chi connectivity index (χ2v) is 5.13. The van der Waals surface area contributed by atoms with Crippen molar-refractivity contribution in [2.24, 2.45) is 0 Å². The second kappa shape index (κ2) is 6.32. The van der Waals surface area contributed by atoms with Crippen LogP contribution in [0, 0.1) is 17.0 Å². The third kappa shape index (κ3) is 3.28. The van der Waals surface area contributed by atoms with Gasteiger partial charge in [-0.05, 0) is 19.9 Å². The highest BCUT2D eigenvalue weighted by Crippen LogP contribution is 2.31. The van der Waals surface area contributed by atoms with Gasteiger partial charge in [0, 0.05) is 23.7 Å². The van der Waals surface area contributed by atoms with Gasteiger partial charge in [0.1, 0.15) is 6.61 Å². The highest BCUT2D eigenvalue weighted by molar-refractivity contribution is 6.32. The molecule has 0 fully saturated rings. The summed E-state index contributed by atoms with van der Waals surface area (Å²) in [7, 11) is 0. The normalized spacial score (nSPS) is 10.7. The molecule has 0 aliphatic rings. The van der Waals surface area contributed by atoms with Gasteiger partial charge in [0.25, 0.3) is 0 Å². The molecule has 1 heterocycles. The lowest BCUT2D eigenvalue weighted by molar-refractivity contribution is -0.385. The molecular weight excluding hydrogens is 317 g/mol. The van der Waals surface area contributed by atoms with Crippen LogP contribution < -0.4 is 4.74 Å². The van der Waals surface area contributed by atoms with Crippen LogP contribution >= 0.6 is 23.2 Å². The van der Waals surface area contributed by atoms with E-state index in [0.29, 0.717) is 28.0 Å². The molecule has 2 rings (SSSR count). The Balaban J connectivity index is 2.28. The van der Waals surface area contributed by atoms with Gasteiger partial charge >= 0.3 is 5.69 Å². The number of benzene rings is 1. The minimum Gasteiger partial charge on any atom is -0.480 e. The Hall–Kier alpha value is -1.79. The first-order chi connectivity index (χ1) is 9.93. The Kier molecular flexibility index (Phi) is 4.69. The number of halogens is 2. The molecule has 0 N–H and O–H groups in total. The molecule has 2 aromatic rings. The number of aryl methyl sites for hydroxylation is 2. The SMILES string of the molecule is CCn1nc(C)c(Cl)c1COc1cc(Cl)ccc1[N+](=O)[O-]. The summed E-state index contributed by atoms with van der Waals surface area (Å²) < 4.78 is 7.23. The summed E-state index contributed by atoms with van der Waals surface area (Å²) in [5.74, 6) is 0.102. The number of nitro groups is 1. The zero-order valence-corrected chi connectivity index (χ0v) is 13.0. The van der Waals surface area contributed by atoms with Gasteiger partial charge in [0.05, 0.1) is 21.3 Å². The zero-order valence-electron chi connectivity index (χ0n) is 11.5. The quantitative estimate of drug-likeness (QED) is 0.613. The van der Waals surface area contributed by atoms with Crippen molar-refractivity contribution in [3.05, 3.63) is 49.7 Å². The van der Waals surface area contributed by atoms with E-state index in [2.05, 4.69) is 5.10 Å². The molecule has 0 amide bonds. The van der Waals surface area contributed by atoms with E-state index in [4.69, 9.17) is 27.9 Å². The molecule has 1 aromatic carbocycles. The van der Waals surface area contributed by atoms with Crippen molar-refractivity contribution >= 4 is 28.9 Å². The number of ether oxygens (including phenoxy) is 1. The molecular formula is C13H13Cl2N3O3. The van der Waals surface area contributed by atoms with Gasteiger partial charge in [0.15, 0.2) is 5.75 Å². The topological polar surface area (TPSA) is 70.2 Å². The van der Waals surface area contributed by atoms with Gasteiger partial charge in [-0.2, -0.15) is 5.10 Å². The van der Waals surface area contributed by atoms with Gasteiger partial charge in [-0.15, -0.1) is 0 Å². The number of hydrogen-bond acceptors (Lipinski definition) is 4. The fraction of sp³-hybridized carbons (Fsp3) is 0.308. The minimum absolute atomic E-state index is 0.0781. The Morgan fingerprint density at radius 2 is 2.14 bits per heavy atom. The maximum absolute atomic E-state index is 11.0. The van der Waals surface area contributed by atoms with Crippen molar-refractivity contribution in [1.29, 1.82) is 0 Å². The van der Waals surface area contributed by atoms with Crippen LogP contribution in [0.1, 0.15) is 18.3 Å². The van der Waals surface area contributed by atoms with Crippen LogP contribution in [0.4, 0.5) is 5.69 Å². The average Bonchev–Trinajstić information content (AvgIpc) is 2.71. The largest absolute Gasteiger partial charge is 0.480 e. The van der Waals surface area contributed by atoms with Crippen molar-refractivity contribution in [2.75, 3.05) is 0 Å². The molecule has 1 aromatic heterocycles. The Morgan fingerprint density at radius 3 is 2.76 bits per heavy atom. The summed E-state index contributed by atoms with van der Waals surface area (Å²) in [6, 6.07) is 4.16. The summed E-state index contributed by atoms with van der Waals surface area (Å²) in [4.78, 5) is 10.5. The number of nitro benzene ring substituents is 1. The second-order valence-electron chi connectivity index (χ2n) is 4.32. The lowest BCUT2D eigenvalue weighted by Gasteiger charge is -2.09. The van der Waals surface area contributed by atoms with Crippen LogP contribution in [0.5, 0.6) is 5.75 Å². The van der Waals surface area contributed by atoms with Crippen LogP contribution in [-0.2, 0) is 13.2 Å².